The molecule has 0 nitrogen and oxygen atoms in total. The molecule has 0 spiro atoms. The highest BCUT2D eigenvalue weighted by Crippen LogP contribution is 1.73. The SMILES string of the molecule is C[CH]CCl.[MgH2]. The molecule has 0 amide bonds. The fourth-order valence-electron chi connectivity index (χ4n) is 0. The zero-order valence-corrected chi connectivity index (χ0v) is 3.42. The standard InChI is InChI=1S/C3H6Cl.Mg.2H/c1-2-3-4;;;/h2H,3H2,1H3;;;. The van der Waals surface area contributed by atoms with Crippen LogP contribution in [0.25, 0.3) is 0 Å². The van der Waals surface area contributed by atoms with E-state index in [1.807, 2.05) is 13.3 Å². The summed E-state index contributed by atoms with van der Waals surface area (Å²) in [6.07, 6.45) is 1.89. The number of halogens is 1. The van der Waals surface area contributed by atoms with Gasteiger partial charge in [-0.15, -0.1) is 11.6 Å². The minimum atomic E-state index is 0. The molecule has 0 saturated carbocycles. The van der Waals surface area contributed by atoms with Gasteiger partial charge in [0.15, 0.2) is 0 Å². The second-order valence-electron chi connectivity index (χ2n) is 0.563. The summed E-state index contributed by atoms with van der Waals surface area (Å²) < 4.78 is 0. The summed E-state index contributed by atoms with van der Waals surface area (Å²) in [4.78, 5) is 0. The summed E-state index contributed by atoms with van der Waals surface area (Å²) in [5.41, 5.74) is 0. The molecule has 0 N–H and O–H groups in total. The molecule has 5 heavy (non-hydrogen) atoms. The van der Waals surface area contributed by atoms with Gasteiger partial charge in [0.25, 0.3) is 0 Å². The lowest BCUT2D eigenvalue weighted by atomic mass is 10.6. The number of rotatable bonds is 1. The zero-order chi connectivity index (χ0) is 3.41. The molecule has 0 atom stereocenters. The van der Waals surface area contributed by atoms with Crippen molar-refractivity contribution in [3.63, 3.8) is 0 Å². The summed E-state index contributed by atoms with van der Waals surface area (Å²) in [6.45, 7) is 1.92. The van der Waals surface area contributed by atoms with Crippen molar-refractivity contribution >= 4 is 34.7 Å². The second kappa shape index (κ2) is 8.91. The Kier molecular flexibility index (Phi) is 16.8. The van der Waals surface area contributed by atoms with Crippen LogP contribution in [0, 0.1) is 6.42 Å². The van der Waals surface area contributed by atoms with Gasteiger partial charge >= 0.3 is 23.1 Å². The first kappa shape index (κ1) is 9.41. The first-order valence-corrected chi connectivity index (χ1v) is 1.79. The number of hydrogen-bond acceptors (Lipinski definition) is 0. The number of hydrogen-bond donors (Lipinski definition) is 0. The van der Waals surface area contributed by atoms with Crippen LogP contribution in [0.1, 0.15) is 6.92 Å². The van der Waals surface area contributed by atoms with Crippen LogP contribution < -0.4 is 0 Å². The monoisotopic (exact) mass is 103 g/mol. The molecule has 1 radical (unpaired) electrons. The summed E-state index contributed by atoms with van der Waals surface area (Å²) in [5, 5.41) is 0. The van der Waals surface area contributed by atoms with Crippen LogP contribution in [0.4, 0.5) is 0 Å². The average molecular weight is 104 g/mol. The van der Waals surface area contributed by atoms with Crippen LogP contribution >= 0.6 is 11.6 Å². The van der Waals surface area contributed by atoms with Gasteiger partial charge in [-0.25, -0.2) is 0 Å². The first-order valence-electron chi connectivity index (χ1n) is 1.25. The molecule has 0 rings (SSSR count). The quantitative estimate of drug-likeness (QED) is 0.336. The Morgan fingerprint density at radius 3 is 2.00 bits per heavy atom. The van der Waals surface area contributed by atoms with Gasteiger partial charge in [0.05, 0.1) is 0 Å². The fourth-order valence-corrected chi connectivity index (χ4v) is 0. The molecule has 0 unspecified atom stereocenters. The van der Waals surface area contributed by atoms with Gasteiger partial charge in [0.1, 0.15) is 0 Å². The van der Waals surface area contributed by atoms with Crippen LogP contribution in [0.3, 0.4) is 0 Å². The van der Waals surface area contributed by atoms with Crippen molar-refractivity contribution in [1.29, 1.82) is 0 Å². The van der Waals surface area contributed by atoms with Crippen molar-refractivity contribution in [3.8, 4) is 0 Å². The molecule has 0 aromatic rings. The Hall–Kier alpha value is 1.06. The molecule has 0 heterocycles. The average Bonchev–Trinajstić information content (AvgIpc) is 1.37. The summed E-state index contributed by atoms with van der Waals surface area (Å²) in [7, 11) is 0. The van der Waals surface area contributed by atoms with E-state index in [9.17, 15) is 0 Å². The molecule has 0 aliphatic carbocycles. The Morgan fingerprint density at radius 1 is 1.80 bits per heavy atom. The van der Waals surface area contributed by atoms with E-state index in [0.717, 1.165) is 0 Å². The molecule has 0 aliphatic heterocycles. The maximum absolute atomic E-state index is 5.13. The van der Waals surface area contributed by atoms with Crippen molar-refractivity contribution in [2.75, 3.05) is 5.88 Å². The third-order valence-electron chi connectivity index (χ3n) is 0.154. The van der Waals surface area contributed by atoms with E-state index < -0.39 is 0 Å². The van der Waals surface area contributed by atoms with Gasteiger partial charge in [-0.2, -0.15) is 0 Å². The highest BCUT2D eigenvalue weighted by Gasteiger charge is 1.59. The Bertz CT molecular complexity index is 8.85. The van der Waals surface area contributed by atoms with Crippen molar-refractivity contribution < 1.29 is 0 Å². The third kappa shape index (κ3) is 11.2. The molecule has 0 saturated heterocycles. The molecular formula is C3H8ClMg. The summed E-state index contributed by atoms with van der Waals surface area (Å²) in [5.74, 6) is 0.667. The molecule has 0 aliphatic rings. The van der Waals surface area contributed by atoms with Gasteiger partial charge in [-0.3, -0.25) is 0 Å². The van der Waals surface area contributed by atoms with Crippen LogP contribution in [-0.4, -0.2) is 28.9 Å². The predicted octanol–water partition coefficient (Wildman–Crippen LogP) is 0.533. The maximum atomic E-state index is 5.13. The summed E-state index contributed by atoms with van der Waals surface area (Å²) >= 11 is 5.13. The molecule has 0 aromatic heterocycles. The lowest BCUT2D eigenvalue weighted by Crippen LogP contribution is -1.57. The topological polar surface area (TPSA) is 0 Å². The van der Waals surface area contributed by atoms with E-state index in [1.165, 1.54) is 0 Å². The lowest BCUT2D eigenvalue weighted by molar-refractivity contribution is 1.42. The minimum Gasteiger partial charge on any atom is -0.126 e. The molecular weight excluding hydrogens is 95.8 g/mol. The fraction of sp³-hybridized carbons (Fsp3) is 0.667. The summed E-state index contributed by atoms with van der Waals surface area (Å²) in [6, 6.07) is 0. The van der Waals surface area contributed by atoms with E-state index >= 15 is 0 Å². The van der Waals surface area contributed by atoms with Gasteiger partial charge in [0.2, 0.25) is 0 Å². The molecule has 2 heteroatoms. The third-order valence-corrected chi connectivity index (χ3v) is 0.463. The highest BCUT2D eigenvalue weighted by molar-refractivity contribution is 6.18. The van der Waals surface area contributed by atoms with E-state index in [4.69, 9.17) is 11.6 Å². The maximum Gasteiger partial charge on any atom is 0.316 e. The molecule has 0 aromatic carbocycles. The van der Waals surface area contributed by atoms with Crippen LogP contribution in [-0.2, 0) is 0 Å². The van der Waals surface area contributed by atoms with E-state index in [1.54, 1.807) is 0 Å². The molecule has 29 valence electrons. The number of alkyl halides is 1. The minimum absolute atomic E-state index is 0. The van der Waals surface area contributed by atoms with Crippen molar-refractivity contribution in [2.45, 2.75) is 6.92 Å². The van der Waals surface area contributed by atoms with Crippen LogP contribution in [0.2, 0.25) is 0 Å². The molecule has 0 bridgehead atoms. The highest BCUT2D eigenvalue weighted by atomic mass is 35.5. The van der Waals surface area contributed by atoms with E-state index in [2.05, 4.69) is 0 Å². The van der Waals surface area contributed by atoms with E-state index in [-0.39, 0.29) is 23.1 Å². The largest absolute Gasteiger partial charge is 0.316 e. The predicted molar refractivity (Wildman–Crippen MR) is 29.2 cm³/mol. The van der Waals surface area contributed by atoms with Crippen LogP contribution in [0.5, 0.6) is 0 Å². The van der Waals surface area contributed by atoms with Gasteiger partial charge in [-0.1, -0.05) is 6.92 Å². The Balaban J connectivity index is 0. The zero-order valence-electron chi connectivity index (χ0n) is 2.66. The van der Waals surface area contributed by atoms with Crippen molar-refractivity contribution in [3.05, 3.63) is 6.42 Å². The Labute approximate surface area is 54.0 Å². The normalized spacial score (nSPS) is 6.00. The van der Waals surface area contributed by atoms with Crippen molar-refractivity contribution in [1.82, 2.24) is 0 Å². The van der Waals surface area contributed by atoms with Crippen molar-refractivity contribution in [2.24, 2.45) is 0 Å². The lowest BCUT2D eigenvalue weighted by Gasteiger charge is -1.65. The van der Waals surface area contributed by atoms with Gasteiger partial charge in [-0.05, 0) is 6.42 Å². The Morgan fingerprint density at radius 2 is 2.00 bits per heavy atom. The van der Waals surface area contributed by atoms with Gasteiger partial charge < -0.3 is 0 Å². The first-order chi connectivity index (χ1) is 1.91. The van der Waals surface area contributed by atoms with Gasteiger partial charge in [0, 0.05) is 5.88 Å². The van der Waals surface area contributed by atoms with Crippen LogP contribution in [0.15, 0.2) is 0 Å². The van der Waals surface area contributed by atoms with E-state index in [0.29, 0.717) is 5.88 Å². The smallest absolute Gasteiger partial charge is 0.126 e. The molecule has 0 fully saturated rings. The second-order valence-corrected chi connectivity index (χ2v) is 0.871.